The Bertz CT molecular complexity index is 922. The minimum atomic E-state index is -4.61. The summed E-state index contributed by atoms with van der Waals surface area (Å²) in [5, 5.41) is 0. The molecule has 1 fully saturated rings. The molecule has 3 rings (SSSR count). The second-order valence-electron chi connectivity index (χ2n) is 4.74. The Morgan fingerprint density at radius 3 is 2.55 bits per heavy atom. The van der Waals surface area contributed by atoms with Crippen LogP contribution in [0.2, 0.25) is 0 Å². The Hall–Kier alpha value is -1.90. The minimum absolute atomic E-state index is 0.0256. The lowest BCUT2D eigenvalue weighted by Gasteiger charge is -2.32. The zero-order valence-electron chi connectivity index (χ0n) is 10.6. The van der Waals surface area contributed by atoms with E-state index in [0.29, 0.717) is 6.07 Å². The summed E-state index contributed by atoms with van der Waals surface area (Å²) in [7, 11) is -3.79. The van der Waals surface area contributed by atoms with Crippen LogP contribution in [0.1, 0.15) is 11.8 Å². The number of fused-ring (bicyclic) bond motifs is 1. The van der Waals surface area contributed by atoms with Crippen LogP contribution in [0.3, 0.4) is 0 Å². The predicted octanol–water partition coefficient (Wildman–Crippen LogP) is 1.42. The van der Waals surface area contributed by atoms with Gasteiger partial charge in [-0.2, -0.15) is 13.2 Å². The van der Waals surface area contributed by atoms with Gasteiger partial charge in [-0.15, -0.1) is 0 Å². The topological polar surface area (TPSA) is 101 Å². The monoisotopic (exact) mass is 336 g/mol. The van der Waals surface area contributed by atoms with Crippen molar-refractivity contribution in [2.24, 2.45) is 0 Å². The Morgan fingerprint density at radius 2 is 2.00 bits per heavy atom. The van der Waals surface area contributed by atoms with Gasteiger partial charge in [0.25, 0.3) is 0 Å². The van der Waals surface area contributed by atoms with Gasteiger partial charge in [-0.1, -0.05) is 0 Å². The van der Waals surface area contributed by atoms with Crippen molar-refractivity contribution >= 4 is 18.6 Å². The first kappa shape index (κ1) is 15.0. The van der Waals surface area contributed by atoms with Crippen LogP contribution in [0.5, 0.6) is 0 Å². The van der Waals surface area contributed by atoms with Crippen molar-refractivity contribution in [1.82, 2.24) is 9.55 Å². The molecule has 1 aromatic carbocycles. The first-order chi connectivity index (χ1) is 10.1. The molecular formula is C11H8F3N2O5P. The van der Waals surface area contributed by atoms with Gasteiger partial charge in [0, 0.05) is 0 Å². The van der Waals surface area contributed by atoms with E-state index in [-0.39, 0.29) is 11.0 Å². The molecule has 2 aromatic rings. The summed E-state index contributed by atoms with van der Waals surface area (Å²) in [4.78, 5) is 34.6. The molecule has 2 unspecified atom stereocenters. The second-order valence-corrected chi connectivity index (χ2v) is 6.59. The standard InChI is InChI=1S/C11H8F3N2O5P/c12-11(13,14)5-1-2-7-6(3-5)15-9(17)10(18)16(7)8-4-22(19,20)21-8/h1-3,8H,4H2,(H,15,17)(H,19,20). The maximum absolute atomic E-state index is 12.7. The second kappa shape index (κ2) is 4.55. The number of rotatable bonds is 1. The quantitative estimate of drug-likeness (QED) is 0.606. The van der Waals surface area contributed by atoms with Crippen molar-refractivity contribution in [2.75, 3.05) is 6.16 Å². The predicted molar refractivity (Wildman–Crippen MR) is 68.6 cm³/mol. The molecule has 0 saturated carbocycles. The van der Waals surface area contributed by atoms with E-state index in [4.69, 9.17) is 4.89 Å². The molecule has 1 aliphatic heterocycles. The third-order valence-electron chi connectivity index (χ3n) is 3.21. The lowest BCUT2D eigenvalue weighted by molar-refractivity contribution is -0.137. The number of hydrogen-bond donors (Lipinski definition) is 2. The molecule has 0 spiro atoms. The number of nitrogens with one attached hydrogen (secondary N) is 1. The summed E-state index contributed by atoms with van der Waals surface area (Å²) >= 11 is 0. The fraction of sp³-hybridized carbons (Fsp3) is 0.273. The van der Waals surface area contributed by atoms with E-state index in [0.717, 1.165) is 16.7 Å². The maximum atomic E-state index is 12.7. The Kier molecular flexibility index (Phi) is 3.10. The van der Waals surface area contributed by atoms with Crippen molar-refractivity contribution in [1.29, 1.82) is 0 Å². The average Bonchev–Trinajstić information content (AvgIpc) is 2.36. The van der Waals surface area contributed by atoms with Gasteiger partial charge >= 0.3 is 24.9 Å². The van der Waals surface area contributed by atoms with Crippen LogP contribution in [0, 0.1) is 0 Å². The third kappa shape index (κ3) is 2.39. The van der Waals surface area contributed by atoms with Gasteiger partial charge in [0.2, 0.25) is 0 Å². The van der Waals surface area contributed by atoms with Crippen LogP contribution in [0.4, 0.5) is 13.2 Å². The van der Waals surface area contributed by atoms with E-state index >= 15 is 0 Å². The molecule has 7 nitrogen and oxygen atoms in total. The number of halogens is 3. The average molecular weight is 336 g/mol. The van der Waals surface area contributed by atoms with Crippen molar-refractivity contribution in [3.05, 3.63) is 44.5 Å². The largest absolute Gasteiger partial charge is 0.416 e. The van der Waals surface area contributed by atoms with Crippen LogP contribution in [0.15, 0.2) is 27.8 Å². The normalized spacial score (nSPS) is 25.2. The van der Waals surface area contributed by atoms with Gasteiger partial charge in [0.1, 0.15) is 0 Å². The van der Waals surface area contributed by atoms with Crippen LogP contribution >= 0.6 is 7.60 Å². The molecule has 118 valence electrons. The summed E-state index contributed by atoms with van der Waals surface area (Å²) in [6, 6.07) is 2.43. The zero-order valence-corrected chi connectivity index (χ0v) is 11.5. The van der Waals surface area contributed by atoms with E-state index < -0.39 is 42.8 Å². The fourth-order valence-electron chi connectivity index (χ4n) is 2.21. The zero-order chi connectivity index (χ0) is 16.3. The van der Waals surface area contributed by atoms with Crippen LogP contribution in [-0.4, -0.2) is 20.6 Å². The van der Waals surface area contributed by atoms with Gasteiger partial charge in [-0.05, 0) is 18.2 Å². The van der Waals surface area contributed by atoms with Crippen molar-refractivity contribution < 1.29 is 27.2 Å². The molecule has 11 heteroatoms. The highest BCUT2D eigenvalue weighted by Crippen LogP contribution is 2.57. The fourth-order valence-corrected chi connectivity index (χ4v) is 3.23. The van der Waals surface area contributed by atoms with Gasteiger partial charge < -0.3 is 9.88 Å². The summed E-state index contributed by atoms with van der Waals surface area (Å²) in [6.45, 7) is 0. The van der Waals surface area contributed by atoms with Gasteiger partial charge in [0.05, 0.1) is 22.8 Å². The van der Waals surface area contributed by atoms with E-state index in [9.17, 15) is 27.3 Å². The lowest BCUT2D eigenvalue weighted by Crippen LogP contribution is -2.42. The van der Waals surface area contributed by atoms with Crippen LogP contribution in [0.25, 0.3) is 11.0 Å². The smallest absolute Gasteiger partial charge is 0.324 e. The SMILES string of the molecule is O=c1[nH]c2cc(C(F)(F)F)ccc2n(C2CP(=O)(O)O2)c1=O. The highest BCUT2D eigenvalue weighted by atomic mass is 31.2. The number of nitrogens with zero attached hydrogens (tertiary/aromatic N) is 1. The lowest BCUT2D eigenvalue weighted by atomic mass is 10.2. The van der Waals surface area contributed by atoms with E-state index in [1.54, 1.807) is 0 Å². The molecule has 22 heavy (non-hydrogen) atoms. The first-order valence-electron chi connectivity index (χ1n) is 5.94. The van der Waals surface area contributed by atoms with E-state index in [2.05, 4.69) is 9.51 Å². The number of H-pyrrole nitrogens is 1. The number of hydrogen-bond acceptors (Lipinski definition) is 4. The summed E-state index contributed by atoms with van der Waals surface area (Å²) in [5.41, 5.74) is -3.46. The molecule has 0 bridgehead atoms. The van der Waals surface area contributed by atoms with Crippen LogP contribution in [-0.2, 0) is 15.3 Å². The summed E-state index contributed by atoms with van der Waals surface area (Å²) in [6.07, 6.45) is -6.17. The third-order valence-corrected chi connectivity index (χ3v) is 4.55. The number of benzene rings is 1. The van der Waals surface area contributed by atoms with Crippen molar-refractivity contribution in [3.63, 3.8) is 0 Å². The van der Waals surface area contributed by atoms with Crippen LogP contribution < -0.4 is 11.1 Å². The van der Waals surface area contributed by atoms with Crippen molar-refractivity contribution in [2.45, 2.75) is 12.4 Å². The van der Waals surface area contributed by atoms with E-state index in [1.165, 1.54) is 0 Å². The molecular weight excluding hydrogens is 328 g/mol. The first-order valence-corrected chi connectivity index (χ1v) is 7.71. The molecule has 2 heterocycles. The summed E-state index contributed by atoms with van der Waals surface area (Å²) < 4.78 is 54.6. The minimum Gasteiger partial charge on any atom is -0.324 e. The summed E-state index contributed by atoms with van der Waals surface area (Å²) in [5.74, 6) is 0. The Labute approximate surface area is 119 Å². The Balaban J connectivity index is 2.24. The molecule has 2 N–H and O–H groups in total. The molecule has 1 saturated heterocycles. The molecule has 1 aliphatic rings. The Morgan fingerprint density at radius 1 is 1.36 bits per heavy atom. The van der Waals surface area contributed by atoms with Gasteiger partial charge in [-0.3, -0.25) is 23.2 Å². The van der Waals surface area contributed by atoms with Gasteiger partial charge in [-0.25, -0.2) is 0 Å². The van der Waals surface area contributed by atoms with Crippen molar-refractivity contribution in [3.8, 4) is 0 Å². The highest BCUT2D eigenvalue weighted by molar-refractivity contribution is 7.54. The van der Waals surface area contributed by atoms with Gasteiger partial charge in [0.15, 0.2) is 6.23 Å². The highest BCUT2D eigenvalue weighted by Gasteiger charge is 2.42. The number of aromatic amines is 1. The molecule has 0 radical (unpaired) electrons. The molecule has 1 aromatic heterocycles. The maximum Gasteiger partial charge on any atom is 0.416 e. The van der Waals surface area contributed by atoms with E-state index in [1.807, 2.05) is 0 Å². The molecule has 0 amide bonds. The molecule has 0 aliphatic carbocycles. The molecule has 2 atom stereocenters. The number of alkyl halides is 3. The number of aromatic nitrogens is 2.